The fourth-order valence-electron chi connectivity index (χ4n) is 3.57. The summed E-state index contributed by atoms with van der Waals surface area (Å²) < 4.78 is 1.55. The van der Waals surface area contributed by atoms with Crippen LogP contribution in [0.1, 0.15) is 29.6 Å². The number of piperazine rings is 1. The molecule has 0 unspecified atom stereocenters. The lowest BCUT2D eigenvalue weighted by molar-refractivity contribution is 0.0372. The molecule has 2 fully saturated rings. The van der Waals surface area contributed by atoms with Gasteiger partial charge < -0.3 is 4.90 Å². The molecule has 0 saturated carbocycles. The second-order valence-corrected chi connectivity index (χ2v) is 6.15. The zero-order valence-electron chi connectivity index (χ0n) is 13.0. The third-order valence-corrected chi connectivity index (χ3v) is 4.78. The van der Waals surface area contributed by atoms with Crippen LogP contribution in [0.4, 0.5) is 0 Å². The van der Waals surface area contributed by atoms with Crippen molar-refractivity contribution in [2.45, 2.75) is 25.3 Å². The molecular weight excluding hydrogens is 292 g/mol. The molecule has 0 N–H and O–H groups in total. The number of nitrogens with zero attached hydrogens (tertiary/aromatic N) is 6. The Bertz CT molecular complexity index is 686. The lowest BCUT2D eigenvalue weighted by Crippen LogP contribution is -2.56. The Kier molecular flexibility index (Phi) is 3.78. The first-order valence-corrected chi connectivity index (χ1v) is 8.16. The van der Waals surface area contributed by atoms with Crippen molar-refractivity contribution in [2.24, 2.45) is 0 Å². The van der Waals surface area contributed by atoms with Gasteiger partial charge in [0.15, 0.2) is 5.82 Å². The predicted molar refractivity (Wildman–Crippen MR) is 84.3 cm³/mol. The topological polar surface area (TPSA) is 67.2 Å². The van der Waals surface area contributed by atoms with Crippen LogP contribution in [-0.4, -0.2) is 67.7 Å². The molecule has 0 spiro atoms. The van der Waals surface area contributed by atoms with E-state index in [1.807, 2.05) is 11.0 Å². The molecule has 2 aromatic heterocycles. The Morgan fingerprint density at radius 2 is 2.17 bits per heavy atom. The van der Waals surface area contributed by atoms with E-state index in [0.717, 1.165) is 19.6 Å². The summed E-state index contributed by atoms with van der Waals surface area (Å²) in [7, 11) is 0. The van der Waals surface area contributed by atoms with E-state index in [2.05, 4.69) is 20.0 Å². The number of rotatable bonds is 2. The number of fused-ring (bicyclic) bond motifs is 1. The van der Waals surface area contributed by atoms with Crippen molar-refractivity contribution in [3.05, 3.63) is 36.5 Å². The number of aromatic nitrogens is 4. The zero-order valence-corrected chi connectivity index (χ0v) is 13.0. The largest absolute Gasteiger partial charge is 0.336 e. The molecule has 2 aliphatic heterocycles. The fraction of sp³-hybridized carbons (Fsp3) is 0.500. The Balaban J connectivity index is 1.58. The normalized spacial score (nSPS) is 21.9. The first-order valence-electron chi connectivity index (χ1n) is 8.16. The van der Waals surface area contributed by atoms with Gasteiger partial charge >= 0.3 is 0 Å². The van der Waals surface area contributed by atoms with Crippen molar-refractivity contribution in [1.29, 1.82) is 0 Å². The van der Waals surface area contributed by atoms with E-state index in [1.165, 1.54) is 32.1 Å². The van der Waals surface area contributed by atoms with Crippen molar-refractivity contribution < 1.29 is 4.79 Å². The van der Waals surface area contributed by atoms with Gasteiger partial charge in [-0.15, -0.1) is 0 Å². The van der Waals surface area contributed by atoms with Crippen LogP contribution in [0.2, 0.25) is 0 Å². The van der Waals surface area contributed by atoms with Crippen molar-refractivity contribution in [1.82, 2.24) is 29.5 Å². The van der Waals surface area contributed by atoms with Gasteiger partial charge in [-0.2, -0.15) is 5.10 Å². The number of carbonyl (C=O) groups excluding carboxylic acids is 1. The van der Waals surface area contributed by atoms with Crippen LogP contribution in [0.3, 0.4) is 0 Å². The molecule has 2 aromatic rings. The monoisotopic (exact) mass is 312 g/mol. The van der Waals surface area contributed by atoms with Crippen LogP contribution in [0, 0.1) is 0 Å². The lowest BCUT2D eigenvalue weighted by Gasteiger charge is -2.44. The fourth-order valence-corrected chi connectivity index (χ4v) is 3.57. The van der Waals surface area contributed by atoms with Gasteiger partial charge in [-0.25, -0.2) is 14.6 Å². The maximum absolute atomic E-state index is 13.0. The third kappa shape index (κ3) is 2.72. The molecule has 4 heterocycles. The second kappa shape index (κ2) is 6.08. The Morgan fingerprint density at radius 3 is 3.04 bits per heavy atom. The third-order valence-electron chi connectivity index (χ3n) is 4.78. The van der Waals surface area contributed by atoms with Crippen molar-refractivity contribution in [3.8, 4) is 5.82 Å². The van der Waals surface area contributed by atoms with Gasteiger partial charge in [0.25, 0.3) is 5.91 Å². The first kappa shape index (κ1) is 14.3. The summed E-state index contributed by atoms with van der Waals surface area (Å²) in [6.45, 7) is 3.73. The number of pyridine rings is 1. The first-order chi connectivity index (χ1) is 11.3. The molecule has 0 aromatic carbocycles. The zero-order chi connectivity index (χ0) is 15.6. The minimum atomic E-state index is 0.0359. The SMILES string of the molecule is O=C(c1cccnc1-n1cncn1)N1CCN2CCCC[C@H]2C1. The molecule has 7 heteroatoms. The number of hydrogen-bond donors (Lipinski definition) is 0. The molecule has 1 amide bonds. The minimum Gasteiger partial charge on any atom is -0.336 e. The van der Waals surface area contributed by atoms with E-state index in [4.69, 9.17) is 0 Å². The molecule has 2 saturated heterocycles. The van der Waals surface area contributed by atoms with Gasteiger partial charge in [0.1, 0.15) is 12.7 Å². The highest BCUT2D eigenvalue weighted by Crippen LogP contribution is 2.23. The summed E-state index contributed by atoms with van der Waals surface area (Å²) in [5, 5.41) is 4.10. The summed E-state index contributed by atoms with van der Waals surface area (Å²) in [5.41, 5.74) is 0.585. The van der Waals surface area contributed by atoms with E-state index in [1.54, 1.807) is 23.3 Å². The molecule has 0 bridgehead atoms. The molecule has 4 rings (SSSR count). The van der Waals surface area contributed by atoms with Gasteiger partial charge in [-0.3, -0.25) is 9.69 Å². The van der Waals surface area contributed by atoms with E-state index >= 15 is 0 Å². The quantitative estimate of drug-likeness (QED) is 0.827. The number of amides is 1. The standard InChI is InChI=1S/C16H20N6O/c23-16(21-9-8-20-7-2-1-4-13(20)10-21)14-5-3-6-18-15(14)22-12-17-11-19-22/h3,5-6,11-13H,1-2,4,7-10H2/t13-/m0/s1. The molecule has 7 nitrogen and oxygen atoms in total. The van der Waals surface area contributed by atoms with E-state index < -0.39 is 0 Å². The molecule has 1 atom stereocenters. The van der Waals surface area contributed by atoms with Crippen molar-refractivity contribution in [2.75, 3.05) is 26.2 Å². The summed E-state index contributed by atoms with van der Waals surface area (Å²) in [4.78, 5) is 25.7. The predicted octanol–water partition coefficient (Wildman–Crippen LogP) is 0.973. The molecule has 23 heavy (non-hydrogen) atoms. The highest BCUT2D eigenvalue weighted by Gasteiger charge is 2.32. The number of hydrogen-bond acceptors (Lipinski definition) is 5. The summed E-state index contributed by atoms with van der Waals surface area (Å²) >= 11 is 0. The highest BCUT2D eigenvalue weighted by molar-refractivity contribution is 5.97. The van der Waals surface area contributed by atoms with Gasteiger partial charge in [0.05, 0.1) is 5.56 Å². The van der Waals surface area contributed by atoms with Crippen molar-refractivity contribution in [3.63, 3.8) is 0 Å². The lowest BCUT2D eigenvalue weighted by atomic mass is 9.99. The van der Waals surface area contributed by atoms with Crippen LogP contribution >= 0.6 is 0 Å². The number of carbonyl (C=O) groups is 1. The Morgan fingerprint density at radius 1 is 1.22 bits per heavy atom. The van der Waals surface area contributed by atoms with Gasteiger partial charge in [0, 0.05) is 31.9 Å². The van der Waals surface area contributed by atoms with Crippen molar-refractivity contribution >= 4 is 5.91 Å². The highest BCUT2D eigenvalue weighted by atomic mass is 16.2. The van der Waals surface area contributed by atoms with Crippen LogP contribution < -0.4 is 0 Å². The number of piperidine rings is 1. The van der Waals surface area contributed by atoms with E-state index in [0.29, 0.717) is 17.4 Å². The van der Waals surface area contributed by atoms with Gasteiger partial charge in [0.2, 0.25) is 0 Å². The van der Waals surface area contributed by atoms with Crippen LogP contribution in [0.25, 0.3) is 5.82 Å². The van der Waals surface area contributed by atoms with Crippen LogP contribution in [0.5, 0.6) is 0 Å². The summed E-state index contributed by atoms with van der Waals surface area (Å²) in [6, 6.07) is 4.12. The Hall–Kier alpha value is -2.28. The van der Waals surface area contributed by atoms with E-state index in [9.17, 15) is 4.79 Å². The molecule has 120 valence electrons. The molecule has 0 radical (unpaired) electrons. The smallest absolute Gasteiger partial charge is 0.257 e. The summed E-state index contributed by atoms with van der Waals surface area (Å²) in [5.74, 6) is 0.579. The molecule has 0 aliphatic carbocycles. The average Bonchev–Trinajstić information content (AvgIpc) is 3.15. The average molecular weight is 312 g/mol. The molecule has 2 aliphatic rings. The van der Waals surface area contributed by atoms with Gasteiger partial charge in [-0.05, 0) is 31.5 Å². The van der Waals surface area contributed by atoms with Crippen LogP contribution in [0.15, 0.2) is 31.0 Å². The molecular formula is C16H20N6O. The van der Waals surface area contributed by atoms with Gasteiger partial charge in [-0.1, -0.05) is 6.42 Å². The maximum Gasteiger partial charge on any atom is 0.257 e. The Labute approximate surface area is 134 Å². The van der Waals surface area contributed by atoms with Crippen LogP contribution in [-0.2, 0) is 0 Å². The van der Waals surface area contributed by atoms with E-state index in [-0.39, 0.29) is 5.91 Å². The summed E-state index contributed by atoms with van der Waals surface area (Å²) in [6.07, 6.45) is 8.42. The maximum atomic E-state index is 13.0. The second-order valence-electron chi connectivity index (χ2n) is 6.15. The minimum absolute atomic E-state index is 0.0359.